The van der Waals surface area contributed by atoms with Gasteiger partial charge in [0.05, 0.1) is 0 Å². The van der Waals surface area contributed by atoms with Gasteiger partial charge in [-0.1, -0.05) is 0 Å². The minimum absolute atomic E-state index is 0.280. The Morgan fingerprint density at radius 2 is 1.67 bits per heavy atom. The summed E-state index contributed by atoms with van der Waals surface area (Å²) in [6.07, 6.45) is 2.62. The largest absolute Gasteiger partial charge is 0.309 e. The van der Waals surface area contributed by atoms with Gasteiger partial charge < -0.3 is 10.2 Å². The molecule has 2 nitrogen and oxygen atoms in total. The molecule has 0 radical (unpaired) electrons. The highest BCUT2D eigenvalue weighted by molar-refractivity contribution is 4.92. The molecule has 0 spiro atoms. The zero-order valence-electron chi connectivity index (χ0n) is 9.02. The van der Waals surface area contributed by atoms with Crippen molar-refractivity contribution >= 4 is 0 Å². The minimum Gasteiger partial charge on any atom is -0.309 e. The Morgan fingerprint density at radius 1 is 1.17 bits per heavy atom. The molecule has 0 saturated heterocycles. The highest BCUT2D eigenvalue weighted by Crippen LogP contribution is 2.25. The molecule has 1 N–H and O–H groups in total. The summed E-state index contributed by atoms with van der Waals surface area (Å²) in [5, 5.41) is 3.61. The second-order valence-corrected chi connectivity index (χ2v) is 5.18. The fraction of sp³-hybridized carbons (Fsp3) is 1.00. The van der Waals surface area contributed by atoms with E-state index in [4.69, 9.17) is 0 Å². The molecule has 0 heterocycles. The molecule has 72 valence electrons. The van der Waals surface area contributed by atoms with Crippen molar-refractivity contribution in [1.29, 1.82) is 0 Å². The summed E-state index contributed by atoms with van der Waals surface area (Å²) in [6, 6.07) is 1.56. The molecular weight excluding hydrogens is 148 g/mol. The average molecular weight is 170 g/mol. The van der Waals surface area contributed by atoms with Crippen LogP contribution in [0.5, 0.6) is 0 Å². The second-order valence-electron chi connectivity index (χ2n) is 5.18. The summed E-state index contributed by atoms with van der Waals surface area (Å²) < 4.78 is 0. The van der Waals surface area contributed by atoms with Gasteiger partial charge in [-0.2, -0.15) is 0 Å². The van der Waals surface area contributed by atoms with Crippen molar-refractivity contribution in [2.75, 3.05) is 14.1 Å². The number of nitrogens with zero attached hydrogens (tertiary/aromatic N) is 1. The van der Waals surface area contributed by atoms with Gasteiger partial charge in [-0.15, -0.1) is 0 Å². The molecule has 0 bridgehead atoms. The highest BCUT2D eigenvalue weighted by Gasteiger charge is 2.32. The molecule has 0 aromatic rings. The predicted molar refractivity (Wildman–Crippen MR) is 53.4 cm³/mol. The Morgan fingerprint density at radius 3 is 2.00 bits per heavy atom. The van der Waals surface area contributed by atoms with Crippen molar-refractivity contribution < 1.29 is 0 Å². The third-order valence-electron chi connectivity index (χ3n) is 2.48. The number of hydrogen-bond donors (Lipinski definition) is 1. The molecule has 2 heteroatoms. The van der Waals surface area contributed by atoms with E-state index in [9.17, 15) is 0 Å². The first-order chi connectivity index (χ1) is 5.38. The Kier molecular flexibility index (Phi) is 2.79. The smallest absolute Gasteiger partial charge is 0.0119 e. The topological polar surface area (TPSA) is 15.3 Å². The van der Waals surface area contributed by atoms with E-state index in [2.05, 4.69) is 45.1 Å². The van der Waals surface area contributed by atoms with Gasteiger partial charge in [0.1, 0.15) is 0 Å². The third kappa shape index (κ3) is 2.76. The number of rotatable bonds is 2. The SMILES string of the molecule is CN(C)C1CC(NC(C)(C)C)C1. The van der Waals surface area contributed by atoms with Crippen molar-refractivity contribution in [3.63, 3.8) is 0 Å². The monoisotopic (exact) mass is 170 g/mol. The van der Waals surface area contributed by atoms with Crippen LogP contribution in [-0.4, -0.2) is 36.6 Å². The lowest BCUT2D eigenvalue weighted by Gasteiger charge is -2.43. The summed E-state index contributed by atoms with van der Waals surface area (Å²) in [5.41, 5.74) is 0.280. The zero-order valence-corrected chi connectivity index (χ0v) is 9.02. The molecule has 1 rings (SSSR count). The number of nitrogens with one attached hydrogen (secondary N) is 1. The molecular formula is C10H22N2. The Labute approximate surface area is 76.3 Å². The fourth-order valence-corrected chi connectivity index (χ4v) is 1.74. The molecule has 0 amide bonds. The summed E-state index contributed by atoms with van der Waals surface area (Å²) in [7, 11) is 4.33. The van der Waals surface area contributed by atoms with Crippen LogP contribution in [0.1, 0.15) is 33.6 Å². The van der Waals surface area contributed by atoms with Crippen LogP contribution in [0, 0.1) is 0 Å². The van der Waals surface area contributed by atoms with E-state index in [0.717, 1.165) is 12.1 Å². The van der Waals surface area contributed by atoms with Gasteiger partial charge in [-0.3, -0.25) is 0 Å². The Hall–Kier alpha value is -0.0800. The van der Waals surface area contributed by atoms with Crippen molar-refractivity contribution in [2.24, 2.45) is 0 Å². The molecule has 1 saturated carbocycles. The minimum atomic E-state index is 0.280. The first-order valence-corrected chi connectivity index (χ1v) is 4.82. The lowest BCUT2D eigenvalue weighted by atomic mass is 9.84. The third-order valence-corrected chi connectivity index (χ3v) is 2.48. The first-order valence-electron chi connectivity index (χ1n) is 4.82. The molecule has 1 aliphatic rings. The van der Waals surface area contributed by atoms with Gasteiger partial charge in [0, 0.05) is 17.6 Å². The zero-order chi connectivity index (χ0) is 9.35. The maximum Gasteiger partial charge on any atom is 0.0119 e. The van der Waals surface area contributed by atoms with E-state index in [0.29, 0.717) is 0 Å². The van der Waals surface area contributed by atoms with Crippen LogP contribution >= 0.6 is 0 Å². The highest BCUT2D eigenvalue weighted by atomic mass is 15.1. The van der Waals surface area contributed by atoms with Crippen LogP contribution in [0.25, 0.3) is 0 Å². The normalized spacial score (nSPS) is 30.5. The van der Waals surface area contributed by atoms with E-state index < -0.39 is 0 Å². The van der Waals surface area contributed by atoms with E-state index >= 15 is 0 Å². The quantitative estimate of drug-likeness (QED) is 0.675. The van der Waals surface area contributed by atoms with Gasteiger partial charge in [0.2, 0.25) is 0 Å². The molecule has 0 aliphatic heterocycles. The Balaban J connectivity index is 2.18. The van der Waals surface area contributed by atoms with Gasteiger partial charge in [-0.25, -0.2) is 0 Å². The van der Waals surface area contributed by atoms with Crippen LogP contribution in [0.3, 0.4) is 0 Å². The van der Waals surface area contributed by atoms with Crippen LogP contribution in [0.15, 0.2) is 0 Å². The van der Waals surface area contributed by atoms with Gasteiger partial charge in [0.25, 0.3) is 0 Å². The van der Waals surface area contributed by atoms with Crippen molar-refractivity contribution in [2.45, 2.75) is 51.2 Å². The van der Waals surface area contributed by atoms with E-state index in [1.54, 1.807) is 0 Å². The Bertz CT molecular complexity index is 140. The molecule has 1 aliphatic carbocycles. The molecule has 0 unspecified atom stereocenters. The average Bonchev–Trinajstić information content (AvgIpc) is 1.74. The molecule has 12 heavy (non-hydrogen) atoms. The van der Waals surface area contributed by atoms with E-state index in [1.165, 1.54) is 12.8 Å². The summed E-state index contributed by atoms with van der Waals surface area (Å²) in [5.74, 6) is 0. The molecule has 1 fully saturated rings. The summed E-state index contributed by atoms with van der Waals surface area (Å²) in [6.45, 7) is 6.70. The molecule has 0 aromatic carbocycles. The van der Waals surface area contributed by atoms with Crippen molar-refractivity contribution in [3.05, 3.63) is 0 Å². The maximum atomic E-state index is 3.61. The van der Waals surface area contributed by atoms with Gasteiger partial charge >= 0.3 is 0 Å². The van der Waals surface area contributed by atoms with Gasteiger partial charge in [-0.05, 0) is 47.7 Å². The maximum absolute atomic E-state index is 3.61. The van der Waals surface area contributed by atoms with Gasteiger partial charge in [0.15, 0.2) is 0 Å². The van der Waals surface area contributed by atoms with Crippen LogP contribution < -0.4 is 5.32 Å². The summed E-state index contributed by atoms with van der Waals surface area (Å²) >= 11 is 0. The predicted octanol–water partition coefficient (Wildman–Crippen LogP) is 1.47. The summed E-state index contributed by atoms with van der Waals surface area (Å²) in [4.78, 5) is 2.32. The van der Waals surface area contributed by atoms with Crippen LogP contribution in [0.2, 0.25) is 0 Å². The lowest BCUT2D eigenvalue weighted by Crippen LogP contribution is -2.55. The van der Waals surface area contributed by atoms with E-state index in [-0.39, 0.29) is 5.54 Å². The molecule has 0 aromatic heterocycles. The standard InChI is InChI=1S/C10H22N2/c1-10(2,3)11-8-6-9(7-8)12(4)5/h8-9,11H,6-7H2,1-5H3. The van der Waals surface area contributed by atoms with Crippen LogP contribution in [-0.2, 0) is 0 Å². The lowest BCUT2D eigenvalue weighted by molar-refractivity contribution is 0.128. The second kappa shape index (κ2) is 3.35. The number of hydrogen-bond acceptors (Lipinski definition) is 2. The fourth-order valence-electron chi connectivity index (χ4n) is 1.74. The van der Waals surface area contributed by atoms with Crippen molar-refractivity contribution in [3.8, 4) is 0 Å². The van der Waals surface area contributed by atoms with Crippen LogP contribution in [0.4, 0.5) is 0 Å². The van der Waals surface area contributed by atoms with E-state index in [1.807, 2.05) is 0 Å². The van der Waals surface area contributed by atoms with Crippen molar-refractivity contribution in [1.82, 2.24) is 10.2 Å². The molecule has 0 atom stereocenters. The first kappa shape index (κ1) is 10.0.